The maximum absolute atomic E-state index is 12.9. The second-order valence-electron chi connectivity index (χ2n) is 9.22. The van der Waals surface area contributed by atoms with E-state index in [1.807, 2.05) is 0 Å². The fourth-order valence-electron chi connectivity index (χ4n) is 4.99. The molecule has 10 heteroatoms. The monoisotopic (exact) mass is 528 g/mol. The first-order valence-corrected chi connectivity index (χ1v) is 13.9. The summed E-state index contributed by atoms with van der Waals surface area (Å²) in [5.41, 5.74) is 0.885. The van der Waals surface area contributed by atoms with E-state index in [0.717, 1.165) is 19.1 Å². The molecule has 2 aromatic carbocycles. The summed E-state index contributed by atoms with van der Waals surface area (Å²) >= 11 is 5.90. The highest BCUT2D eigenvalue weighted by Gasteiger charge is 2.45. The number of carbonyl (C=O) groups excluding carboxylic acids is 1. The number of fused-ring (bicyclic) bond motifs is 2. The molecule has 2 fully saturated rings. The summed E-state index contributed by atoms with van der Waals surface area (Å²) in [7, 11) is -3.31. The Morgan fingerprint density at radius 3 is 2.22 bits per heavy atom. The van der Waals surface area contributed by atoms with Crippen LogP contribution in [-0.4, -0.2) is 48.8 Å². The van der Waals surface area contributed by atoms with Crippen LogP contribution in [0.5, 0.6) is 11.5 Å². The molecular formula is C26H25ClN2O6S. The minimum atomic E-state index is -3.31. The Kier molecular flexibility index (Phi) is 6.53. The second-order valence-corrected chi connectivity index (χ2v) is 11.7. The van der Waals surface area contributed by atoms with Crippen molar-refractivity contribution < 1.29 is 22.7 Å². The molecule has 3 aromatic rings. The standard InChI is InChI=1S/C26H25ClN2O6S/c1-36(32,33)23-10-2-16(3-11-23)24-14-22(15-25(30)28-24)34-21-12-18-6-7-19(13-21)29(18)26(31)35-20-8-4-17(27)5-9-20/h2-5,8-11,14-15,18-19,21H,6-7,12-13H2,1H3,(H,28,30). The van der Waals surface area contributed by atoms with Gasteiger partial charge in [0.1, 0.15) is 17.6 Å². The number of aromatic amines is 1. The fourth-order valence-corrected chi connectivity index (χ4v) is 5.75. The number of nitrogens with one attached hydrogen (secondary N) is 1. The molecule has 2 aliphatic heterocycles. The van der Waals surface area contributed by atoms with E-state index < -0.39 is 9.84 Å². The lowest BCUT2D eigenvalue weighted by Crippen LogP contribution is -2.50. The molecular weight excluding hydrogens is 504 g/mol. The largest absolute Gasteiger partial charge is 0.490 e. The maximum atomic E-state index is 12.9. The van der Waals surface area contributed by atoms with E-state index in [9.17, 15) is 18.0 Å². The number of benzene rings is 2. The Hall–Kier alpha value is -3.30. The second kappa shape index (κ2) is 9.63. The zero-order valence-corrected chi connectivity index (χ0v) is 21.1. The normalized spacial score (nSPS) is 21.3. The summed E-state index contributed by atoms with van der Waals surface area (Å²) < 4.78 is 35.2. The Labute approximate surface area is 213 Å². The predicted molar refractivity (Wildman–Crippen MR) is 135 cm³/mol. The van der Waals surface area contributed by atoms with Gasteiger partial charge >= 0.3 is 6.09 Å². The third kappa shape index (κ3) is 5.27. The molecule has 2 saturated heterocycles. The fraction of sp³-hybridized carbons (Fsp3) is 0.308. The highest BCUT2D eigenvalue weighted by molar-refractivity contribution is 7.90. The number of piperidine rings is 1. The molecule has 36 heavy (non-hydrogen) atoms. The van der Waals surface area contributed by atoms with Crippen LogP contribution >= 0.6 is 11.6 Å². The van der Waals surface area contributed by atoms with Crippen LogP contribution in [-0.2, 0) is 9.84 Å². The maximum Gasteiger partial charge on any atom is 0.415 e. The SMILES string of the molecule is CS(=O)(=O)c1ccc(-c2cc(OC3CC4CCC(C3)N4C(=O)Oc3ccc(Cl)cc3)cc(=O)[nH]2)cc1. The molecule has 2 bridgehead atoms. The minimum Gasteiger partial charge on any atom is -0.490 e. The Balaban J connectivity index is 1.27. The third-order valence-corrected chi connectivity index (χ3v) is 8.01. The van der Waals surface area contributed by atoms with Gasteiger partial charge in [0.15, 0.2) is 9.84 Å². The Morgan fingerprint density at radius 2 is 1.61 bits per heavy atom. The molecule has 2 unspecified atom stereocenters. The first kappa shape index (κ1) is 24.4. The van der Waals surface area contributed by atoms with Crippen molar-refractivity contribution in [2.75, 3.05) is 6.26 Å². The third-order valence-electron chi connectivity index (χ3n) is 6.63. The van der Waals surface area contributed by atoms with E-state index in [2.05, 4.69) is 4.98 Å². The summed E-state index contributed by atoms with van der Waals surface area (Å²) in [6.45, 7) is 0. The molecule has 0 radical (unpaired) electrons. The number of carbonyl (C=O) groups is 1. The van der Waals surface area contributed by atoms with Gasteiger partial charge in [0.2, 0.25) is 0 Å². The number of hydrogen-bond donors (Lipinski definition) is 1. The summed E-state index contributed by atoms with van der Waals surface area (Å²) in [5, 5.41) is 0.571. The lowest BCUT2D eigenvalue weighted by atomic mass is 10.00. The quantitative estimate of drug-likeness (QED) is 0.516. The summed E-state index contributed by atoms with van der Waals surface area (Å²) in [6, 6.07) is 16.1. The van der Waals surface area contributed by atoms with Crippen molar-refractivity contribution in [3.05, 3.63) is 76.0 Å². The molecule has 2 atom stereocenters. The number of sulfone groups is 1. The first-order valence-electron chi connectivity index (χ1n) is 11.6. The van der Waals surface area contributed by atoms with Crippen molar-refractivity contribution in [2.24, 2.45) is 0 Å². The number of hydrogen-bond acceptors (Lipinski definition) is 6. The van der Waals surface area contributed by atoms with Crippen LogP contribution in [0.3, 0.4) is 0 Å². The van der Waals surface area contributed by atoms with Crippen LogP contribution in [0.15, 0.2) is 70.4 Å². The lowest BCUT2D eigenvalue weighted by Gasteiger charge is -2.38. The van der Waals surface area contributed by atoms with E-state index in [1.54, 1.807) is 47.4 Å². The van der Waals surface area contributed by atoms with E-state index in [1.165, 1.54) is 18.2 Å². The average molecular weight is 529 g/mol. The highest BCUT2D eigenvalue weighted by Crippen LogP contribution is 2.38. The van der Waals surface area contributed by atoms with Gasteiger partial charge in [-0.1, -0.05) is 23.7 Å². The van der Waals surface area contributed by atoms with Crippen LogP contribution in [0.25, 0.3) is 11.3 Å². The van der Waals surface area contributed by atoms with Gasteiger partial charge in [-0.2, -0.15) is 0 Å². The number of ether oxygens (including phenoxy) is 2. The van der Waals surface area contributed by atoms with Gasteiger partial charge < -0.3 is 19.4 Å². The van der Waals surface area contributed by atoms with E-state index in [4.69, 9.17) is 21.1 Å². The van der Waals surface area contributed by atoms with Crippen LogP contribution in [0.4, 0.5) is 4.79 Å². The van der Waals surface area contributed by atoms with Gasteiger partial charge in [0, 0.05) is 48.3 Å². The average Bonchev–Trinajstić information content (AvgIpc) is 3.10. The van der Waals surface area contributed by atoms with Crippen molar-refractivity contribution in [1.82, 2.24) is 9.88 Å². The van der Waals surface area contributed by atoms with Gasteiger partial charge in [0.25, 0.3) is 5.56 Å². The van der Waals surface area contributed by atoms with E-state index in [0.29, 0.717) is 40.6 Å². The summed E-state index contributed by atoms with van der Waals surface area (Å²) in [5.74, 6) is 0.880. The van der Waals surface area contributed by atoms with Crippen LogP contribution in [0, 0.1) is 0 Å². The molecule has 1 N–H and O–H groups in total. The number of halogens is 1. The van der Waals surface area contributed by atoms with Gasteiger partial charge in [-0.25, -0.2) is 13.2 Å². The van der Waals surface area contributed by atoms with Crippen LogP contribution in [0.1, 0.15) is 25.7 Å². The zero-order valence-electron chi connectivity index (χ0n) is 19.5. The molecule has 0 aliphatic carbocycles. The highest BCUT2D eigenvalue weighted by atomic mass is 35.5. The zero-order chi connectivity index (χ0) is 25.4. The number of aromatic nitrogens is 1. The number of pyridine rings is 1. The first-order chi connectivity index (χ1) is 17.2. The molecule has 0 saturated carbocycles. The Morgan fingerprint density at radius 1 is 0.972 bits per heavy atom. The van der Waals surface area contributed by atoms with Crippen LogP contribution in [0.2, 0.25) is 5.02 Å². The van der Waals surface area contributed by atoms with Gasteiger partial charge in [-0.3, -0.25) is 4.79 Å². The molecule has 8 nitrogen and oxygen atoms in total. The minimum absolute atomic E-state index is 0.00134. The van der Waals surface area contributed by atoms with Crippen molar-refractivity contribution in [2.45, 2.75) is 48.8 Å². The van der Waals surface area contributed by atoms with E-state index >= 15 is 0 Å². The summed E-state index contributed by atoms with van der Waals surface area (Å²) in [6.07, 6.45) is 3.63. The molecule has 0 spiro atoms. The molecule has 188 valence electrons. The molecule has 1 amide bonds. The molecule has 3 heterocycles. The number of H-pyrrole nitrogens is 1. The van der Waals surface area contributed by atoms with Crippen molar-refractivity contribution in [3.63, 3.8) is 0 Å². The van der Waals surface area contributed by atoms with Crippen molar-refractivity contribution in [3.8, 4) is 22.8 Å². The summed E-state index contributed by atoms with van der Waals surface area (Å²) in [4.78, 5) is 30.0. The van der Waals surface area contributed by atoms with Crippen LogP contribution < -0.4 is 15.0 Å². The molecule has 1 aromatic heterocycles. The Bertz CT molecular complexity index is 1420. The molecule has 5 rings (SSSR count). The number of nitrogens with zero attached hydrogens (tertiary/aromatic N) is 1. The molecule has 2 aliphatic rings. The number of amides is 1. The van der Waals surface area contributed by atoms with E-state index in [-0.39, 0.29) is 34.7 Å². The smallest absolute Gasteiger partial charge is 0.415 e. The van der Waals surface area contributed by atoms with Gasteiger partial charge in [-0.05, 0) is 54.8 Å². The predicted octanol–water partition coefficient (Wildman–Crippen LogP) is 4.67. The van der Waals surface area contributed by atoms with Gasteiger partial charge in [-0.15, -0.1) is 0 Å². The number of rotatable bonds is 5. The van der Waals surface area contributed by atoms with Gasteiger partial charge in [0.05, 0.1) is 10.6 Å². The van der Waals surface area contributed by atoms with Crippen molar-refractivity contribution >= 4 is 27.5 Å². The van der Waals surface area contributed by atoms with Crippen molar-refractivity contribution in [1.29, 1.82) is 0 Å². The topological polar surface area (TPSA) is 106 Å². The lowest BCUT2D eigenvalue weighted by molar-refractivity contribution is 0.0527.